The fraction of sp³-hybridized carbons (Fsp3) is 0.294. The molecule has 0 aromatic heterocycles. The van der Waals surface area contributed by atoms with Gasteiger partial charge in [-0.25, -0.2) is 4.39 Å². The van der Waals surface area contributed by atoms with Gasteiger partial charge >= 0.3 is 0 Å². The molecule has 2 nitrogen and oxygen atoms in total. The van der Waals surface area contributed by atoms with Crippen LogP contribution < -0.4 is 5.73 Å². The third-order valence-corrected chi connectivity index (χ3v) is 4.74. The third-order valence-electron chi connectivity index (χ3n) is 3.73. The van der Waals surface area contributed by atoms with Crippen LogP contribution in [0.3, 0.4) is 0 Å². The van der Waals surface area contributed by atoms with E-state index in [0.717, 1.165) is 10.6 Å². The van der Waals surface area contributed by atoms with E-state index in [1.54, 1.807) is 30.0 Å². The molecule has 0 aliphatic rings. The Labute approximate surface area is 129 Å². The van der Waals surface area contributed by atoms with Gasteiger partial charge in [-0.3, -0.25) is 0 Å². The molecule has 0 saturated heterocycles. The number of benzene rings is 2. The summed E-state index contributed by atoms with van der Waals surface area (Å²) in [5.74, 6) is 0.470. The number of hydrogen-bond acceptors (Lipinski definition) is 3. The first-order valence-electron chi connectivity index (χ1n) is 6.95. The van der Waals surface area contributed by atoms with Crippen LogP contribution in [0, 0.1) is 5.82 Å². The quantitative estimate of drug-likeness (QED) is 0.772. The van der Waals surface area contributed by atoms with Crippen LogP contribution in [-0.4, -0.2) is 24.0 Å². The minimum atomic E-state index is -0.715. The van der Waals surface area contributed by atoms with Gasteiger partial charge in [-0.15, -0.1) is 11.8 Å². The molecule has 3 N–H and O–H groups in total. The molecule has 2 rings (SSSR count). The molecular weight excluding hydrogens is 285 g/mol. The zero-order valence-corrected chi connectivity index (χ0v) is 12.7. The Morgan fingerprint density at radius 1 is 1.05 bits per heavy atom. The molecule has 0 saturated carbocycles. The summed E-state index contributed by atoms with van der Waals surface area (Å²) in [5.41, 5.74) is 5.65. The standard InChI is InChI=1S/C17H20FNOS/c18-16-9-5-4-8-15(16)17(12-19,13-20)10-11-21-14-6-2-1-3-7-14/h1-9,20H,10-13,19H2. The summed E-state index contributed by atoms with van der Waals surface area (Å²) in [7, 11) is 0. The van der Waals surface area contributed by atoms with Gasteiger partial charge in [-0.05, 0) is 35.9 Å². The maximum atomic E-state index is 14.0. The highest BCUT2D eigenvalue weighted by Crippen LogP contribution is 2.31. The molecule has 1 unspecified atom stereocenters. The summed E-state index contributed by atoms with van der Waals surface area (Å²) in [6.07, 6.45) is 0.625. The van der Waals surface area contributed by atoms with E-state index in [1.807, 2.05) is 30.3 Å². The van der Waals surface area contributed by atoms with Gasteiger partial charge in [-0.1, -0.05) is 36.4 Å². The summed E-state index contributed by atoms with van der Waals surface area (Å²) in [6, 6.07) is 16.6. The van der Waals surface area contributed by atoms with E-state index in [-0.39, 0.29) is 19.0 Å². The SMILES string of the molecule is NCC(CO)(CCSc1ccccc1)c1ccccc1F. The maximum Gasteiger partial charge on any atom is 0.127 e. The van der Waals surface area contributed by atoms with Crippen molar-refractivity contribution in [2.24, 2.45) is 5.73 Å². The highest BCUT2D eigenvalue weighted by atomic mass is 32.2. The maximum absolute atomic E-state index is 14.0. The lowest BCUT2D eigenvalue weighted by atomic mass is 9.78. The summed E-state index contributed by atoms with van der Waals surface area (Å²) in [6.45, 7) is 0.0690. The molecule has 4 heteroatoms. The van der Waals surface area contributed by atoms with Crippen molar-refractivity contribution in [1.29, 1.82) is 0 Å². The number of aliphatic hydroxyl groups excluding tert-OH is 1. The number of halogens is 1. The van der Waals surface area contributed by atoms with Gasteiger partial charge in [0, 0.05) is 16.9 Å². The van der Waals surface area contributed by atoms with Gasteiger partial charge in [-0.2, -0.15) is 0 Å². The van der Waals surface area contributed by atoms with Gasteiger partial charge in [0.2, 0.25) is 0 Å². The Morgan fingerprint density at radius 2 is 1.71 bits per heavy atom. The van der Waals surface area contributed by atoms with E-state index >= 15 is 0 Å². The molecule has 0 aliphatic carbocycles. The van der Waals surface area contributed by atoms with Gasteiger partial charge < -0.3 is 10.8 Å². The first-order valence-corrected chi connectivity index (χ1v) is 7.94. The van der Waals surface area contributed by atoms with E-state index in [9.17, 15) is 9.50 Å². The molecule has 0 bridgehead atoms. The van der Waals surface area contributed by atoms with Crippen molar-refractivity contribution in [3.05, 3.63) is 66.0 Å². The second-order valence-electron chi connectivity index (χ2n) is 5.03. The normalized spacial score (nSPS) is 13.9. The average molecular weight is 305 g/mol. The van der Waals surface area contributed by atoms with Gasteiger partial charge in [0.05, 0.1) is 6.61 Å². The minimum absolute atomic E-state index is 0.153. The van der Waals surface area contributed by atoms with Crippen molar-refractivity contribution in [3.8, 4) is 0 Å². The predicted octanol–water partition coefficient (Wildman–Crippen LogP) is 3.20. The predicted molar refractivity (Wildman–Crippen MR) is 86.0 cm³/mol. The van der Waals surface area contributed by atoms with E-state index in [1.165, 1.54) is 6.07 Å². The highest BCUT2D eigenvalue weighted by Gasteiger charge is 2.32. The minimum Gasteiger partial charge on any atom is -0.395 e. The topological polar surface area (TPSA) is 46.2 Å². The second-order valence-corrected chi connectivity index (χ2v) is 6.20. The molecule has 0 radical (unpaired) electrons. The fourth-order valence-corrected chi connectivity index (χ4v) is 3.43. The fourth-order valence-electron chi connectivity index (χ4n) is 2.35. The van der Waals surface area contributed by atoms with Crippen LogP contribution in [0.5, 0.6) is 0 Å². The number of nitrogens with two attached hydrogens (primary N) is 1. The Hall–Kier alpha value is -1.36. The first kappa shape index (κ1) is 16.0. The number of rotatable bonds is 7. The Morgan fingerprint density at radius 3 is 2.33 bits per heavy atom. The molecule has 21 heavy (non-hydrogen) atoms. The molecule has 0 fully saturated rings. The van der Waals surface area contributed by atoms with E-state index in [4.69, 9.17) is 5.73 Å². The highest BCUT2D eigenvalue weighted by molar-refractivity contribution is 7.99. The van der Waals surface area contributed by atoms with Crippen molar-refractivity contribution in [3.63, 3.8) is 0 Å². The molecule has 0 spiro atoms. The first-order chi connectivity index (χ1) is 10.2. The summed E-state index contributed by atoms with van der Waals surface area (Å²) >= 11 is 1.69. The van der Waals surface area contributed by atoms with Crippen molar-refractivity contribution < 1.29 is 9.50 Å². The van der Waals surface area contributed by atoms with Crippen molar-refractivity contribution >= 4 is 11.8 Å². The van der Waals surface area contributed by atoms with Crippen LogP contribution in [0.15, 0.2) is 59.5 Å². The molecule has 2 aromatic carbocycles. The smallest absolute Gasteiger partial charge is 0.127 e. The zero-order valence-electron chi connectivity index (χ0n) is 11.8. The van der Waals surface area contributed by atoms with E-state index < -0.39 is 5.41 Å². The van der Waals surface area contributed by atoms with Gasteiger partial charge in [0.15, 0.2) is 0 Å². The van der Waals surface area contributed by atoms with Crippen molar-refractivity contribution in [2.75, 3.05) is 18.9 Å². The Bertz CT molecular complexity index is 558. The average Bonchev–Trinajstić information content (AvgIpc) is 2.54. The monoisotopic (exact) mass is 305 g/mol. The number of hydrogen-bond donors (Lipinski definition) is 2. The molecule has 0 amide bonds. The number of aliphatic hydroxyl groups is 1. The third kappa shape index (κ3) is 3.84. The van der Waals surface area contributed by atoms with Crippen LogP contribution >= 0.6 is 11.8 Å². The molecule has 1 atom stereocenters. The van der Waals surface area contributed by atoms with Crippen molar-refractivity contribution in [1.82, 2.24) is 0 Å². The van der Waals surface area contributed by atoms with Gasteiger partial charge in [0.1, 0.15) is 5.82 Å². The molecule has 0 aliphatic heterocycles. The van der Waals surface area contributed by atoms with Crippen LogP contribution in [0.25, 0.3) is 0 Å². The molecule has 112 valence electrons. The lowest BCUT2D eigenvalue weighted by Crippen LogP contribution is -2.40. The van der Waals surface area contributed by atoms with E-state index in [0.29, 0.717) is 12.0 Å². The summed E-state index contributed by atoms with van der Waals surface area (Å²) in [4.78, 5) is 1.16. The lowest BCUT2D eigenvalue weighted by Gasteiger charge is -2.31. The van der Waals surface area contributed by atoms with Crippen LogP contribution in [0.2, 0.25) is 0 Å². The summed E-state index contributed by atoms with van der Waals surface area (Å²) in [5, 5.41) is 9.80. The van der Waals surface area contributed by atoms with Crippen LogP contribution in [-0.2, 0) is 5.41 Å². The molecule has 0 heterocycles. The van der Waals surface area contributed by atoms with Crippen LogP contribution in [0.4, 0.5) is 4.39 Å². The van der Waals surface area contributed by atoms with Gasteiger partial charge in [0.25, 0.3) is 0 Å². The van der Waals surface area contributed by atoms with Crippen LogP contribution in [0.1, 0.15) is 12.0 Å². The second kappa shape index (κ2) is 7.59. The zero-order chi connectivity index (χ0) is 15.1. The van der Waals surface area contributed by atoms with Crippen molar-refractivity contribution in [2.45, 2.75) is 16.7 Å². The number of thioether (sulfide) groups is 1. The molecular formula is C17H20FNOS. The molecule has 2 aromatic rings. The summed E-state index contributed by atoms with van der Waals surface area (Å²) < 4.78 is 14.0. The Balaban J connectivity index is 2.10. The van der Waals surface area contributed by atoms with E-state index in [2.05, 4.69) is 0 Å². The Kier molecular flexibility index (Phi) is 5.79. The largest absolute Gasteiger partial charge is 0.395 e. The lowest BCUT2D eigenvalue weighted by molar-refractivity contribution is 0.190.